The lowest BCUT2D eigenvalue weighted by Gasteiger charge is -2.06. The van der Waals surface area contributed by atoms with Gasteiger partial charge in [0.25, 0.3) is 0 Å². The molecule has 0 saturated heterocycles. The fourth-order valence-corrected chi connectivity index (χ4v) is 2.55. The Hall–Kier alpha value is -1.85. The molecular formula is C13H11Cl2N5. The summed E-state index contributed by atoms with van der Waals surface area (Å²) in [6.07, 6.45) is 0.683. The Bertz CT molecular complexity index is 712. The van der Waals surface area contributed by atoms with Gasteiger partial charge >= 0.3 is 0 Å². The van der Waals surface area contributed by atoms with Gasteiger partial charge in [-0.2, -0.15) is 0 Å². The molecule has 2 N–H and O–H groups in total. The normalized spacial score (nSPS) is 10.9. The van der Waals surface area contributed by atoms with Crippen LogP contribution in [0.2, 0.25) is 10.3 Å². The minimum absolute atomic E-state index is 0.316. The first-order chi connectivity index (χ1) is 9.67. The summed E-state index contributed by atoms with van der Waals surface area (Å²) in [5, 5.41) is 3.67. The maximum atomic E-state index is 6.07. The van der Waals surface area contributed by atoms with Gasteiger partial charge in [-0.15, -0.1) is 0 Å². The van der Waals surface area contributed by atoms with Crippen LogP contribution in [-0.4, -0.2) is 19.9 Å². The minimum atomic E-state index is 0.316. The number of fused-ring (bicyclic) bond motifs is 1. The van der Waals surface area contributed by atoms with Crippen molar-refractivity contribution in [2.75, 3.05) is 5.32 Å². The predicted molar refractivity (Wildman–Crippen MR) is 80.8 cm³/mol. The minimum Gasteiger partial charge on any atom is -0.324 e. The average molecular weight is 308 g/mol. The molecule has 1 aromatic carbocycles. The number of imidazole rings is 1. The Morgan fingerprint density at radius 3 is 2.45 bits per heavy atom. The van der Waals surface area contributed by atoms with E-state index < -0.39 is 0 Å². The van der Waals surface area contributed by atoms with E-state index in [9.17, 15) is 0 Å². The van der Waals surface area contributed by atoms with Crippen molar-refractivity contribution in [3.8, 4) is 0 Å². The molecule has 0 saturated carbocycles. The number of benzene rings is 1. The zero-order valence-electron chi connectivity index (χ0n) is 10.6. The monoisotopic (exact) mass is 307 g/mol. The van der Waals surface area contributed by atoms with Crippen molar-refractivity contribution in [1.82, 2.24) is 19.9 Å². The molecule has 2 aromatic heterocycles. The summed E-state index contributed by atoms with van der Waals surface area (Å²) in [7, 11) is 0. The molecule has 0 spiro atoms. The SMILES string of the molecule is CCc1c(Cl)nc(Nc2nc3ccccc3[nH]2)nc1Cl. The largest absolute Gasteiger partial charge is 0.324 e. The molecule has 0 bridgehead atoms. The van der Waals surface area contributed by atoms with Crippen molar-refractivity contribution >= 4 is 46.1 Å². The number of nitrogens with one attached hydrogen (secondary N) is 2. The fourth-order valence-electron chi connectivity index (χ4n) is 1.90. The molecule has 0 aliphatic carbocycles. The average Bonchev–Trinajstić information content (AvgIpc) is 2.80. The van der Waals surface area contributed by atoms with Gasteiger partial charge in [0.2, 0.25) is 11.9 Å². The second-order valence-electron chi connectivity index (χ2n) is 4.19. The lowest BCUT2D eigenvalue weighted by Crippen LogP contribution is -2.01. The first-order valence-electron chi connectivity index (χ1n) is 6.11. The van der Waals surface area contributed by atoms with Crippen LogP contribution in [0.25, 0.3) is 11.0 Å². The van der Waals surface area contributed by atoms with Crippen LogP contribution in [0.15, 0.2) is 24.3 Å². The van der Waals surface area contributed by atoms with Gasteiger partial charge in [0, 0.05) is 5.56 Å². The number of anilines is 2. The molecule has 0 aliphatic heterocycles. The number of para-hydroxylation sites is 2. The number of aromatic amines is 1. The quantitative estimate of drug-likeness (QED) is 0.719. The van der Waals surface area contributed by atoms with E-state index in [4.69, 9.17) is 23.2 Å². The summed E-state index contributed by atoms with van der Waals surface area (Å²) >= 11 is 12.1. The number of hydrogen-bond acceptors (Lipinski definition) is 4. The highest BCUT2D eigenvalue weighted by atomic mass is 35.5. The smallest absolute Gasteiger partial charge is 0.232 e. The Morgan fingerprint density at radius 2 is 1.80 bits per heavy atom. The molecule has 3 aromatic rings. The maximum Gasteiger partial charge on any atom is 0.232 e. The number of halogens is 2. The van der Waals surface area contributed by atoms with E-state index in [1.807, 2.05) is 31.2 Å². The van der Waals surface area contributed by atoms with Crippen molar-refractivity contribution in [1.29, 1.82) is 0 Å². The molecule has 0 unspecified atom stereocenters. The Morgan fingerprint density at radius 1 is 1.10 bits per heavy atom. The van der Waals surface area contributed by atoms with E-state index in [2.05, 4.69) is 25.3 Å². The number of nitrogens with zero attached hydrogens (tertiary/aromatic N) is 3. The van der Waals surface area contributed by atoms with Gasteiger partial charge < -0.3 is 4.98 Å². The van der Waals surface area contributed by atoms with Gasteiger partial charge in [0.05, 0.1) is 11.0 Å². The van der Waals surface area contributed by atoms with Crippen molar-refractivity contribution < 1.29 is 0 Å². The van der Waals surface area contributed by atoms with E-state index in [0.717, 1.165) is 16.6 Å². The van der Waals surface area contributed by atoms with Crippen molar-refractivity contribution in [3.05, 3.63) is 40.1 Å². The van der Waals surface area contributed by atoms with Crippen LogP contribution in [0.3, 0.4) is 0 Å². The summed E-state index contributed by atoms with van der Waals surface area (Å²) in [4.78, 5) is 15.8. The highest BCUT2D eigenvalue weighted by molar-refractivity contribution is 6.34. The van der Waals surface area contributed by atoms with Gasteiger partial charge in [-0.3, -0.25) is 5.32 Å². The third-order valence-electron chi connectivity index (χ3n) is 2.88. The summed E-state index contributed by atoms with van der Waals surface area (Å²) < 4.78 is 0. The standard InChI is InChI=1S/C13H11Cl2N5/c1-2-7-10(14)18-13(19-11(7)15)20-12-16-8-5-3-4-6-9(8)17-12/h3-6H,2H2,1H3,(H2,16,17,18,19,20). The van der Waals surface area contributed by atoms with E-state index in [-0.39, 0.29) is 0 Å². The summed E-state index contributed by atoms with van der Waals surface area (Å²) in [6, 6.07) is 7.71. The molecule has 0 amide bonds. The summed E-state index contributed by atoms with van der Waals surface area (Å²) in [6.45, 7) is 1.95. The molecule has 0 radical (unpaired) electrons. The van der Waals surface area contributed by atoms with Crippen LogP contribution in [-0.2, 0) is 6.42 Å². The Labute approximate surface area is 125 Å². The first-order valence-corrected chi connectivity index (χ1v) is 6.86. The summed E-state index contributed by atoms with van der Waals surface area (Å²) in [5.74, 6) is 0.860. The van der Waals surface area contributed by atoms with E-state index in [1.165, 1.54) is 0 Å². The van der Waals surface area contributed by atoms with Gasteiger partial charge in [-0.1, -0.05) is 42.3 Å². The fraction of sp³-hybridized carbons (Fsp3) is 0.154. The molecule has 7 heteroatoms. The van der Waals surface area contributed by atoms with Crippen LogP contribution in [0.1, 0.15) is 12.5 Å². The zero-order chi connectivity index (χ0) is 14.1. The molecule has 0 aliphatic rings. The highest BCUT2D eigenvalue weighted by Crippen LogP contribution is 2.24. The number of rotatable bonds is 3. The van der Waals surface area contributed by atoms with Crippen molar-refractivity contribution in [3.63, 3.8) is 0 Å². The van der Waals surface area contributed by atoms with E-state index in [0.29, 0.717) is 28.6 Å². The van der Waals surface area contributed by atoms with Crippen LogP contribution in [0.4, 0.5) is 11.9 Å². The van der Waals surface area contributed by atoms with Crippen molar-refractivity contribution in [2.45, 2.75) is 13.3 Å². The molecular weight excluding hydrogens is 297 g/mol. The summed E-state index contributed by atoms with van der Waals surface area (Å²) in [5.41, 5.74) is 2.53. The maximum absolute atomic E-state index is 6.07. The van der Waals surface area contributed by atoms with Gasteiger partial charge in [-0.05, 0) is 18.6 Å². The molecule has 20 heavy (non-hydrogen) atoms. The van der Waals surface area contributed by atoms with Gasteiger partial charge in [-0.25, -0.2) is 15.0 Å². The molecule has 2 heterocycles. The zero-order valence-corrected chi connectivity index (χ0v) is 12.1. The Balaban J connectivity index is 1.94. The predicted octanol–water partition coefficient (Wildman–Crippen LogP) is 3.97. The third kappa shape index (κ3) is 2.42. The van der Waals surface area contributed by atoms with Crippen LogP contribution in [0, 0.1) is 0 Å². The molecule has 5 nitrogen and oxygen atoms in total. The van der Waals surface area contributed by atoms with Gasteiger partial charge in [0.1, 0.15) is 10.3 Å². The molecule has 0 fully saturated rings. The number of H-pyrrole nitrogens is 1. The molecule has 0 atom stereocenters. The highest BCUT2D eigenvalue weighted by Gasteiger charge is 2.11. The Kier molecular flexibility index (Phi) is 3.46. The van der Waals surface area contributed by atoms with E-state index in [1.54, 1.807) is 0 Å². The topological polar surface area (TPSA) is 66.5 Å². The lowest BCUT2D eigenvalue weighted by atomic mass is 10.3. The molecule has 3 rings (SSSR count). The van der Waals surface area contributed by atoms with Crippen LogP contribution < -0.4 is 5.32 Å². The lowest BCUT2D eigenvalue weighted by molar-refractivity contribution is 1.04. The third-order valence-corrected chi connectivity index (χ3v) is 3.50. The van der Waals surface area contributed by atoms with Gasteiger partial charge in [0.15, 0.2) is 0 Å². The number of aromatic nitrogens is 4. The second kappa shape index (κ2) is 5.26. The first kappa shape index (κ1) is 13.1. The molecule has 102 valence electrons. The second-order valence-corrected chi connectivity index (χ2v) is 4.90. The number of hydrogen-bond donors (Lipinski definition) is 2. The van der Waals surface area contributed by atoms with E-state index >= 15 is 0 Å². The van der Waals surface area contributed by atoms with Crippen LogP contribution >= 0.6 is 23.2 Å². The van der Waals surface area contributed by atoms with Crippen LogP contribution in [0.5, 0.6) is 0 Å². The van der Waals surface area contributed by atoms with Crippen molar-refractivity contribution in [2.24, 2.45) is 0 Å².